The van der Waals surface area contributed by atoms with Crippen LogP contribution >= 0.6 is 11.6 Å². The summed E-state index contributed by atoms with van der Waals surface area (Å²) in [7, 11) is 1.68. The van der Waals surface area contributed by atoms with Crippen molar-refractivity contribution in [1.29, 1.82) is 0 Å². The molecule has 0 bridgehead atoms. The normalized spacial score (nSPS) is 13.2. The minimum absolute atomic E-state index is 0.226. The third kappa shape index (κ3) is 2.63. The second-order valence-electron chi connectivity index (χ2n) is 2.80. The molecule has 0 saturated carbocycles. The highest BCUT2D eigenvalue weighted by molar-refractivity contribution is 6.16. The highest BCUT2D eigenvalue weighted by Gasteiger charge is 2.11. The lowest BCUT2D eigenvalue weighted by Gasteiger charge is -2.11. The van der Waals surface area contributed by atoms with Crippen LogP contribution in [0.25, 0.3) is 0 Å². The Bertz CT molecular complexity index is 252. The summed E-state index contributed by atoms with van der Waals surface area (Å²) < 4.78 is 6.70. The van der Waals surface area contributed by atoms with Gasteiger partial charge in [0.1, 0.15) is 0 Å². The molecule has 0 aliphatic carbocycles. The molecule has 6 heteroatoms. The highest BCUT2D eigenvalue weighted by atomic mass is 35.5. The standard InChI is InChI=1S/C7H13ClN4O/c1-6(3-4-13-2)12-7(5-8)9-10-11-12/h6H,3-5H2,1-2H3. The molecule has 0 fully saturated rings. The number of aromatic nitrogens is 4. The summed E-state index contributed by atoms with van der Waals surface area (Å²) in [6.45, 7) is 2.73. The van der Waals surface area contributed by atoms with Crippen LogP contribution in [-0.2, 0) is 10.6 Å². The second kappa shape index (κ2) is 5.14. The molecule has 1 aromatic rings. The molecular formula is C7H13ClN4O. The summed E-state index contributed by atoms with van der Waals surface area (Å²) in [5.74, 6) is 1.04. The van der Waals surface area contributed by atoms with Crippen LogP contribution in [-0.4, -0.2) is 33.9 Å². The van der Waals surface area contributed by atoms with Gasteiger partial charge in [0.25, 0.3) is 0 Å². The van der Waals surface area contributed by atoms with Gasteiger partial charge >= 0.3 is 0 Å². The van der Waals surface area contributed by atoms with Crippen molar-refractivity contribution in [1.82, 2.24) is 20.2 Å². The Kier molecular flexibility index (Phi) is 4.11. The maximum atomic E-state index is 5.66. The molecule has 74 valence electrons. The Hall–Kier alpha value is -0.680. The third-order valence-electron chi connectivity index (χ3n) is 1.84. The number of tetrazole rings is 1. The van der Waals surface area contributed by atoms with Gasteiger partial charge < -0.3 is 4.74 Å². The number of hydrogen-bond acceptors (Lipinski definition) is 4. The summed E-state index contributed by atoms with van der Waals surface area (Å²) in [4.78, 5) is 0. The minimum Gasteiger partial charge on any atom is -0.385 e. The highest BCUT2D eigenvalue weighted by Crippen LogP contribution is 2.11. The molecule has 0 amide bonds. The number of nitrogens with zero attached hydrogens (tertiary/aromatic N) is 4. The van der Waals surface area contributed by atoms with Crippen molar-refractivity contribution in [3.8, 4) is 0 Å². The number of alkyl halides is 1. The van der Waals surface area contributed by atoms with Crippen LogP contribution in [0.3, 0.4) is 0 Å². The van der Waals surface area contributed by atoms with Crippen LogP contribution in [0, 0.1) is 0 Å². The van der Waals surface area contributed by atoms with Crippen LogP contribution in [0.5, 0.6) is 0 Å². The molecule has 1 aromatic heterocycles. The average molecular weight is 205 g/mol. The molecule has 0 aromatic carbocycles. The summed E-state index contributed by atoms with van der Waals surface area (Å²) >= 11 is 5.66. The van der Waals surface area contributed by atoms with Crippen molar-refractivity contribution >= 4 is 11.6 Å². The van der Waals surface area contributed by atoms with Crippen LogP contribution in [0.2, 0.25) is 0 Å². The van der Waals surface area contributed by atoms with E-state index in [9.17, 15) is 0 Å². The fraction of sp³-hybridized carbons (Fsp3) is 0.857. The quantitative estimate of drug-likeness (QED) is 0.672. The maximum absolute atomic E-state index is 5.66. The molecular weight excluding hydrogens is 192 g/mol. The predicted octanol–water partition coefficient (Wildman–Crippen LogP) is 1.01. The summed E-state index contributed by atoms with van der Waals surface area (Å²) in [5.41, 5.74) is 0. The first-order chi connectivity index (χ1) is 6.29. The molecule has 1 heterocycles. The van der Waals surface area contributed by atoms with Gasteiger partial charge in [-0.05, 0) is 23.8 Å². The number of methoxy groups -OCH3 is 1. The fourth-order valence-corrected chi connectivity index (χ4v) is 1.23. The maximum Gasteiger partial charge on any atom is 0.166 e. The van der Waals surface area contributed by atoms with E-state index < -0.39 is 0 Å². The van der Waals surface area contributed by atoms with Gasteiger partial charge in [-0.25, -0.2) is 4.68 Å². The first-order valence-electron chi connectivity index (χ1n) is 4.11. The van der Waals surface area contributed by atoms with E-state index in [1.54, 1.807) is 11.8 Å². The molecule has 1 rings (SSSR count). The zero-order valence-corrected chi connectivity index (χ0v) is 8.53. The van der Waals surface area contributed by atoms with Crippen molar-refractivity contribution in [2.24, 2.45) is 0 Å². The van der Waals surface area contributed by atoms with E-state index in [2.05, 4.69) is 15.5 Å². The lowest BCUT2D eigenvalue weighted by atomic mass is 10.2. The number of ether oxygens (including phenoxy) is 1. The molecule has 0 spiro atoms. The third-order valence-corrected chi connectivity index (χ3v) is 2.08. The molecule has 0 saturated heterocycles. The number of halogens is 1. The monoisotopic (exact) mass is 204 g/mol. The smallest absolute Gasteiger partial charge is 0.166 e. The van der Waals surface area contributed by atoms with Gasteiger partial charge in [-0.1, -0.05) is 0 Å². The van der Waals surface area contributed by atoms with Crippen LogP contribution in [0.4, 0.5) is 0 Å². The Labute approximate surface area is 82.0 Å². The average Bonchev–Trinajstić information content (AvgIpc) is 2.61. The van der Waals surface area contributed by atoms with Crippen molar-refractivity contribution in [2.45, 2.75) is 25.3 Å². The summed E-state index contributed by atoms with van der Waals surface area (Å²) in [5, 5.41) is 11.2. The van der Waals surface area contributed by atoms with Gasteiger partial charge in [0.15, 0.2) is 5.82 Å². The Balaban J connectivity index is 2.59. The van der Waals surface area contributed by atoms with E-state index in [1.807, 2.05) is 6.92 Å². The molecule has 1 atom stereocenters. The van der Waals surface area contributed by atoms with E-state index in [0.29, 0.717) is 18.3 Å². The number of hydrogen-bond donors (Lipinski definition) is 0. The van der Waals surface area contributed by atoms with E-state index in [1.165, 1.54) is 0 Å². The molecule has 0 aliphatic rings. The Morgan fingerprint density at radius 3 is 3.00 bits per heavy atom. The molecule has 0 N–H and O–H groups in total. The molecule has 5 nitrogen and oxygen atoms in total. The van der Waals surface area contributed by atoms with Crippen LogP contribution in [0.1, 0.15) is 25.2 Å². The second-order valence-corrected chi connectivity index (χ2v) is 3.07. The van der Waals surface area contributed by atoms with Crippen molar-refractivity contribution in [3.63, 3.8) is 0 Å². The van der Waals surface area contributed by atoms with E-state index in [0.717, 1.165) is 6.42 Å². The van der Waals surface area contributed by atoms with Crippen molar-refractivity contribution < 1.29 is 4.74 Å². The van der Waals surface area contributed by atoms with Crippen molar-refractivity contribution in [2.75, 3.05) is 13.7 Å². The topological polar surface area (TPSA) is 52.8 Å². The molecule has 0 radical (unpaired) electrons. The van der Waals surface area contributed by atoms with Gasteiger partial charge in [-0.2, -0.15) is 0 Å². The van der Waals surface area contributed by atoms with Crippen LogP contribution in [0.15, 0.2) is 0 Å². The number of rotatable bonds is 5. The zero-order valence-electron chi connectivity index (χ0n) is 7.77. The van der Waals surface area contributed by atoms with Gasteiger partial charge in [-0.15, -0.1) is 16.7 Å². The summed E-state index contributed by atoms with van der Waals surface area (Å²) in [6.07, 6.45) is 0.880. The first-order valence-corrected chi connectivity index (χ1v) is 4.64. The summed E-state index contributed by atoms with van der Waals surface area (Å²) in [6, 6.07) is 0.226. The van der Waals surface area contributed by atoms with Gasteiger partial charge in [-0.3, -0.25) is 0 Å². The fourth-order valence-electron chi connectivity index (χ4n) is 1.05. The zero-order chi connectivity index (χ0) is 9.68. The van der Waals surface area contributed by atoms with E-state index >= 15 is 0 Å². The van der Waals surface area contributed by atoms with E-state index in [-0.39, 0.29) is 6.04 Å². The predicted molar refractivity (Wildman–Crippen MR) is 48.6 cm³/mol. The van der Waals surface area contributed by atoms with E-state index in [4.69, 9.17) is 16.3 Å². The Morgan fingerprint density at radius 1 is 1.62 bits per heavy atom. The largest absolute Gasteiger partial charge is 0.385 e. The van der Waals surface area contributed by atoms with Gasteiger partial charge in [0, 0.05) is 13.7 Å². The minimum atomic E-state index is 0.226. The lowest BCUT2D eigenvalue weighted by Crippen LogP contribution is -2.12. The van der Waals surface area contributed by atoms with Crippen molar-refractivity contribution in [3.05, 3.63) is 5.82 Å². The molecule has 13 heavy (non-hydrogen) atoms. The SMILES string of the molecule is COCCC(C)n1nnnc1CCl. The van der Waals surface area contributed by atoms with Gasteiger partial charge in [0.05, 0.1) is 11.9 Å². The lowest BCUT2D eigenvalue weighted by molar-refractivity contribution is 0.177. The van der Waals surface area contributed by atoms with Crippen LogP contribution < -0.4 is 0 Å². The van der Waals surface area contributed by atoms with Gasteiger partial charge in [0.2, 0.25) is 0 Å². The molecule has 0 aliphatic heterocycles. The Morgan fingerprint density at radius 2 is 2.38 bits per heavy atom. The first kappa shape index (κ1) is 10.4. The molecule has 1 unspecified atom stereocenters.